The number of hydrogen-bond donors (Lipinski definition) is 3. The van der Waals surface area contributed by atoms with Gasteiger partial charge in [-0.15, -0.1) is 0 Å². The van der Waals surface area contributed by atoms with Gasteiger partial charge in [0.1, 0.15) is 17.8 Å². The Morgan fingerprint density at radius 3 is 2.56 bits per heavy atom. The summed E-state index contributed by atoms with van der Waals surface area (Å²) in [5.74, 6) is -2.32. The summed E-state index contributed by atoms with van der Waals surface area (Å²) in [4.78, 5) is 54.3. The molecule has 3 atom stereocenters. The molecule has 2 heterocycles. The molecule has 204 valence electrons. The van der Waals surface area contributed by atoms with E-state index in [-0.39, 0.29) is 25.3 Å². The number of likely N-dealkylation sites (tertiary alicyclic amines) is 1. The second-order valence-corrected chi connectivity index (χ2v) is 11.3. The second kappa shape index (κ2) is 10.4. The van der Waals surface area contributed by atoms with Crippen LogP contribution in [0, 0.1) is 23.7 Å². The summed E-state index contributed by atoms with van der Waals surface area (Å²) in [7, 11) is 1.46. The number of ether oxygens (including phenoxy) is 1. The lowest BCUT2D eigenvalue weighted by Gasteiger charge is -2.31. The number of carbonyl (C=O) groups is 4. The van der Waals surface area contributed by atoms with Gasteiger partial charge in [0.2, 0.25) is 11.8 Å². The second-order valence-electron chi connectivity index (χ2n) is 11.3. The smallest absolute Gasteiger partial charge is 0.313 e. The van der Waals surface area contributed by atoms with Crippen LogP contribution in [0.5, 0.6) is 5.75 Å². The molecule has 10 heteroatoms. The van der Waals surface area contributed by atoms with Crippen molar-refractivity contribution in [3.05, 3.63) is 53.6 Å². The van der Waals surface area contributed by atoms with E-state index >= 15 is 0 Å². The number of methoxy groups -OCH3 is 1. The molecule has 4 amide bonds. The molecule has 2 aromatic carbocycles. The maximum atomic E-state index is 13.9. The number of benzene rings is 2. The number of carbonyl (C=O) groups excluding carboxylic acids is 4. The predicted octanol–water partition coefficient (Wildman–Crippen LogP) is 2.88. The van der Waals surface area contributed by atoms with E-state index in [1.807, 2.05) is 39.0 Å². The normalized spacial score (nSPS) is 20.6. The Labute approximate surface area is 227 Å². The largest absolute Gasteiger partial charge is 0.495 e. The first-order valence-corrected chi connectivity index (χ1v) is 12.8. The summed E-state index contributed by atoms with van der Waals surface area (Å²) in [5.41, 5.74) is 1.01. The Morgan fingerprint density at radius 1 is 1.18 bits per heavy atom. The Bertz CT molecular complexity index is 1370. The molecule has 4 rings (SSSR count). The molecule has 1 saturated heterocycles. The number of para-hydroxylation sites is 2. The van der Waals surface area contributed by atoms with Crippen molar-refractivity contribution in [1.29, 1.82) is 5.26 Å². The highest BCUT2D eigenvalue weighted by molar-refractivity contribution is 6.40. The molecule has 0 unspecified atom stereocenters. The van der Waals surface area contributed by atoms with Crippen molar-refractivity contribution in [2.75, 3.05) is 24.3 Å². The number of amides is 4. The summed E-state index contributed by atoms with van der Waals surface area (Å²) >= 11 is 0. The van der Waals surface area contributed by atoms with Gasteiger partial charge in [-0.3, -0.25) is 19.2 Å². The van der Waals surface area contributed by atoms with Gasteiger partial charge in [-0.2, -0.15) is 5.26 Å². The zero-order valence-electron chi connectivity index (χ0n) is 22.8. The fourth-order valence-corrected chi connectivity index (χ4v) is 5.36. The number of nitriles is 1. The number of rotatable bonds is 5. The fraction of sp³-hybridized carbons (Fsp3) is 0.414. The SMILES string of the molecule is COc1cccc(C)c1NC(=O)C(=O)N[C@@H](CC(C)(C)C)C(=O)N1C[C@]2(C[C@H]1C#N)C(=O)Nc1ccccc12. The minimum Gasteiger partial charge on any atom is -0.495 e. The highest BCUT2D eigenvalue weighted by atomic mass is 16.5. The molecule has 0 aliphatic carbocycles. The van der Waals surface area contributed by atoms with Crippen molar-refractivity contribution in [2.24, 2.45) is 5.41 Å². The summed E-state index contributed by atoms with van der Waals surface area (Å²) in [6.45, 7) is 7.49. The number of hydrogen-bond acceptors (Lipinski definition) is 6. The molecule has 2 aromatic rings. The van der Waals surface area contributed by atoms with Crippen LogP contribution in [0.2, 0.25) is 0 Å². The lowest BCUT2D eigenvalue weighted by Crippen LogP contribution is -2.53. The molecule has 0 aromatic heterocycles. The van der Waals surface area contributed by atoms with E-state index in [9.17, 15) is 24.4 Å². The van der Waals surface area contributed by atoms with Crippen LogP contribution in [-0.2, 0) is 24.6 Å². The minimum atomic E-state index is -1.09. The molecule has 10 nitrogen and oxygen atoms in total. The predicted molar refractivity (Wildman–Crippen MR) is 145 cm³/mol. The van der Waals surface area contributed by atoms with E-state index < -0.39 is 40.6 Å². The molecule has 0 radical (unpaired) electrons. The van der Waals surface area contributed by atoms with Crippen LogP contribution in [0.3, 0.4) is 0 Å². The van der Waals surface area contributed by atoms with Crippen LogP contribution in [0.25, 0.3) is 0 Å². The fourth-order valence-electron chi connectivity index (χ4n) is 5.36. The molecule has 3 N–H and O–H groups in total. The van der Waals surface area contributed by atoms with Crippen LogP contribution < -0.4 is 20.7 Å². The van der Waals surface area contributed by atoms with Crippen molar-refractivity contribution < 1.29 is 23.9 Å². The van der Waals surface area contributed by atoms with Crippen molar-refractivity contribution in [1.82, 2.24) is 10.2 Å². The van der Waals surface area contributed by atoms with Gasteiger partial charge in [0.05, 0.1) is 24.3 Å². The summed E-state index contributed by atoms with van der Waals surface area (Å²) in [6, 6.07) is 12.6. The zero-order valence-corrected chi connectivity index (χ0v) is 22.8. The summed E-state index contributed by atoms with van der Waals surface area (Å²) < 4.78 is 5.29. The van der Waals surface area contributed by atoms with Gasteiger partial charge in [0.25, 0.3) is 0 Å². The molecule has 1 spiro atoms. The van der Waals surface area contributed by atoms with Gasteiger partial charge in [-0.1, -0.05) is 51.1 Å². The average Bonchev–Trinajstić information content (AvgIpc) is 3.41. The first-order chi connectivity index (χ1) is 18.4. The molecule has 0 saturated carbocycles. The lowest BCUT2D eigenvalue weighted by molar-refractivity contribution is -0.141. The molecular formula is C29H33N5O5. The summed E-state index contributed by atoms with van der Waals surface area (Å²) in [5, 5.41) is 18.0. The molecule has 2 aliphatic heterocycles. The van der Waals surface area contributed by atoms with Crippen LogP contribution in [0.4, 0.5) is 11.4 Å². The first kappa shape index (κ1) is 27.6. The van der Waals surface area contributed by atoms with E-state index in [4.69, 9.17) is 4.74 Å². The molecule has 0 bridgehead atoms. The van der Waals surface area contributed by atoms with Crippen LogP contribution in [0.15, 0.2) is 42.5 Å². The zero-order chi connectivity index (χ0) is 28.5. The van der Waals surface area contributed by atoms with Crippen molar-refractivity contribution in [3.8, 4) is 11.8 Å². The monoisotopic (exact) mass is 531 g/mol. The Morgan fingerprint density at radius 2 is 1.90 bits per heavy atom. The van der Waals surface area contributed by atoms with Gasteiger partial charge >= 0.3 is 11.8 Å². The van der Waals surface area contributed by atoms with Gasteiger partial charge < -0.3 is 25.6 Å². The number of nitrogens with zero attached hydrogens (tertiary/aromatic N) is 2. The topological polar surface area (TPSA) is 141 Å². The van der Waals surface area contributed by atoms with E-state index in [2.05, 4.69) is 22.0 Å². The molecular weight excluding hydrogens is 498 g/mol. The average molecular weight is 532 g/mol. The molecule has 1 fully saturated rings. The number of nitrogens with one attached hydrogen (secondary N) is 3. The Hall–Kier alpha value is -4.39. The van der Waals surface area contributed by atoms with Crippen molar-refractivity contribution >= 4 is 35.0 Å². The van der Waals surface area contributed by atoms with Gasteiger partial charge in [-0.05, 0) is 42.0 Å². The first-order valence-electron chi connectivity index (χ1n) is 12.8. The van der Waals surface area contributed by atoms with Crippen LogP contribution in [-0.4, -0.2) is 54.3 Å². The number of anilines is 2. The van der Waals surface area contributed by atoms with E-state index in [1.54, 1.807) is 31.2 Å². The number of aryl methyl sites for hydroxylation is 1. The lowest BCUT2D eigenvalue weighted by atomic mass is 9.80. The van der Waals surface area contributed by atoms with Gasteiger partial charge in [0.15, 0.2) is 0 Å². The maximum Gasteiger partial charge on any atom is 0.313 e. The quantitative estimate of drug-likeness (QED) is 0.507. The van der Waals surface area contributed by atoms with E-state index in [0.29, 0.717) is 22.7 Å². The van der Waals surface area contributed by atoms with Crippen molar-refractivity contribution in [3.63, 3.8) is 0 Å². The van der Waals surface area contributed by atoms with Crippen LogP contribution in [0.1, 0.15) is 44.7 Å². The van der Waals surface area contributed by atoms with Crippen LogP contribution >= 0.6 is 0 Å². The molecule has 2 aliphatic rings. The third-order valence-electron chi connectivity index (χ3n) is 7.24. The molecule has 39 heavy (non-hydrogen) atoms. The van der Waals surface area contributed by atoms with Gasteiger partial charge in [0, 0.05) is 18.7 Å². The highest BCUT2D eigenvalue weighted by Crippen LogP contribution is 2.46. The Balaban J connectivity index is 1.58. The maximum absolute atomic E-state index is 13.9. The van der Waals surface area contributed by atoms with Gasteiger partial charge in [-0.25, -0.2) is 0 Å². The van der Waals surface area contributed by atoms with E-state index in [1.165, 1.54) is 12.0 Å². The number of fused-ring (bicyclic) bond motifs is 2. The third kappa shape index (κ3) is 5.30. The third-order valence-corrected chi connectivity index (χ3v) is 7.24. The highest BCUT2D eigenvalue weighted by Gasteiger charge is 2.56. The summed E-state index contributed by atoms with van der Waals surface area (Å²) in [6.07, 6.45) is 0.352. The Kier molecular flexibility index (Phi) is 7.37. The standard InChI is InChI=1S/C29H33N5O5/c1-17-9-8-12-22(39-5)23(17)33-25(36)24(35)31-21(14-28(2,3)4)26(37)34-16-29(13-18(34)15-30)19-10-6-7-11-20(19)32-27(29)38/h6-12,18,21H,13-14,16H2,1-5H3,(H,31,35)(H,32,38)(H,33,36)/t18-,21-,29-/m0/s1. The minimum absolute atomic E-state index is 0.00394. The van der Waals surface area contributed by atoms with Crippen molar-refractivity contribution in [2.45, 2.75) is 58.0 Å². The van der Waals surface area contributed by atoms with E-state index in [0.717, 1.165) is 5.56 Å².